The Labute approximate surface area is 282 Å². The number of para-hydroxylation sites is 1. The maximum Gasteiger partial charge on any atom is 0.251 e. The SMILES string of the molecule is [B]CC(C)(CC)CC1CC(c2cc(C(=O)NCC(=O)N3CCC[C@H]3C(=O)NCc3cc(C(=N)N)cs3)ccc2Oc2ccccc2)C1. The van der Waals surface area contributed by atoms with E-state index in [4.69, 9.17) is 23.7 Å². The maximum atomic E-state index is 13.3. The van der Waals surface area contributed by atoms with E-state index in [9.17, 15) is 14.4 Å². The van der Waals surface area contributed by atoms with Crippen molar-refractivity contribution in [3.05, 3.63) is 81.5 Å². The lowest BCUT2D eigenvalue weighted by molar-refractivity contribution is -0.137. The molecule has 1 aliphatic heterocycles. The minimum atomic E-state index is -0.590. The van der Waals surface area contributed by atoms with E-state index < -0.39 is 6.04 Å². The quantitative estimate of drug-likeness (QED) is 0.0998. The largest absolute Gasteiger partial charge is 0.457 e. The number of nitrogens with one attached hydrogen (secondary N) is 3. The van der Waals surface area contributed by atoms with Crippen molar-refractivity contribution in [3.63, 3.8) is 0 Å². The molecule has 2 fully saturated rings. The molecular weight excluding hydrogens is 609 g/mol. The van der Waals surface area contributed by atoms with Crippen LogP contribution in [0.4, 0.5) is 0 Å². The van der Waals surface area contributed by atoms with Gasteiger partial charge in [0.05, 0.1) is 20.9 Å². The Kier molecular flexibility index (Phi) is 11.1. The summed E-state index contributed by atoms with van der Waals surface area (Å²) < 4.78 is 6.27. The molecule has 1 saturated carbocycles. The van der Waals surface area contributed by atoms with Gasteiger partial charge in [-0.25, -0.2) is 0 Å². The number of amidine groups is 1. The third-order valence-corrected chi connectivity index (χ3v) is 10.7. The van der Waals surface area contributed by atoms with Crippen LogP contribution in [0.3, 0.4) is 0 Å². The van der Waals surface area contributed by atoms with Crippen molar-refractivity contribution in [1.82, 2.24) is 15.5 Å². The van der Waals surface area contributed by atoms with Gasteiger partial charge in [-0.3, -0.25) is 19.8 Å². The number of benzene rings is 2. The summed E-state index contributed by atoms with van der Waals surface area (Å²) in [5.41, 5.74) is 7.75. The molecule has 2 atom stereocenters. The molecule has 1 saturated heterocycles. The van der Waals surface area contributed by atoms with Crippen molar-refractivity contribution >= 4 is 42.7 Å². The van der Waals surface area contributed by atoms with Crippen LogP contribution in [-0.4, -0.2) is 55.4 Å². The molecule has 5 N–H and O–H groups in total. The van der Waals surface area contributed by atoms with E-state index in [1.165, 1.54) is 11.3 Å². The number of ether oxygens (including phenoxy) is 1. The normalized spacial score (nSPS) is 20.1. The van der Waals surface area contributed by atoms with Crippen molar-refractivity contribution < 1.29 is 19.1 Å². The summed E-state index contributed by atoms with van der Waals surface area (Å²) in [7, 11) is 6.09. The fourth-order valence-corrected chi connectivity index (χ4v) is 7.37. The van der Waals surface area contributed by atoms with E-state index >= 15 is 0 Å². The van der Waals surface area contributed by atoms with Crippen molar-refractivity contribution in [1.29, 1.82) is 5.41 Å². The molecular formula is C36H44BN5O4S. The summed E-state index contributed by atoms with van der Waals surface area (Å²) in [5.74, 6) is 1.41. The van der Waals surface area contributed by atoms with Crippen molar-refractivity contribution in [3.8, 4) is 11.5 Å². The van der Waals surface area contributed by atoms with Crippen LogP contribution < -0.4 is 21.1 Å². The van der Waals surface area contributed by atoms with Gasteiger partial charge in [-0.15, -0.1) is 11.3 Å². The van der Waals surface area contributed by atoms with Crippen LogP contribution in [-0.2, 0) is 16.1 Å². The average molecular weight is 654 g/mol. The van der Waals surface area contributed by atoms with Crippen LogP contribution in [0.25, 0.3) is 0 Å². The highest BCUT2D eigenvalue weighted by atomic mass is 32.1. The number of thiophene rings is 1. The number of hydrogen-bond acceptors (Lipinski definition) is 6. The van der Waals surface area contributed by atoms with Gasteiger partial charge in [-0.2, -0.15) is 0 Å². The molecule has 2 heterocycles. The Morgan fingerprint density at radius 1 is 1.11 bits per heavy atom. The van der Waals surface area contributed by atoms with Gasteiger partial charge in [0.2, 0.25) is 11.8 Å². The van der Waals surface area contributed by atoms with E-state index in [1.807, 2.05) is 42.5 Å². The van der Waals surface area contributed by atoms with E-state index in [0.29, 0.717) is 49.3 Å². The second-order valence-corrected chi connectivity index (χ2v) is 14.1. The van der Waals surface area contributed by atoms with Crippen molar-refractivity contribution in [2.45, 2.75) is 77.2 Å². The number of carbonyl (C=O) groups is 3. The highest BCUT2D eigenvalue weighted by Crippen LogP contribution is 2.50. The standard InChI is InChI=1S/C36H44BN5O4S/c1-3-36(2,22-37)18-23-14-25(15-23)29-17-24(11-12-31(29)46-27-8-5-4-6-9-27)34(44)41-20-32(43)42-13-7-10-30(42)35(45)40-19-28-16-26(21-47-28)33(38)39/h4-6,8-9,11-12,16-17,21,23,25,30H,3,7,10,13-15,18-20,22H2,1-2H3,(H3,38,39)(H,40,45)(H,41,44)/t23?,25?,30-,36?/m0/s1. The smallest absolute Gasteiger partial charge is 0.251 e. The number of amides is 3. The molecule has 2 aromatic carbocycles. The fourth-order valence-electron chi connectivity index (χ4n) is 6.55. The summed E-state index contributed by atoms with van der Waals surface area (Å²) in [6, 6.07) is 16.3. The zero-order chi connectivity index (χ0) is 33.6. The lowest BCUT2D eigenvalue weighted by Gasteiger charge is -2.42. The monoisotopic (exact) mass is 653 g/mol. The number of nitrogens with zero attached hydrogens (tertiary/aromatic N) is 1. The van der Waals surface area contributed by atoms with E-state index in [2.05, 4.69) is 24.5 Å². The first kappa shape index (κ1) is 34.2. The predicted molar refractivity (Wildman–Crippen MR) is 186 cm³/mol. The van der Waals surface area contributed by atoms with Gasteiger partial charge in [-0.1, -0.05) is 44.8 Å². The first-order valence-corrected chi connectivity index (χ1v) is 17.3. The summed E-state index contributed by atoms with van der Waals surface area (Å²) in [6.45, 7) is 5.00. The summed E-state index contributed by atoms with van der Waals surface area (Å²) in [6.07, 6.45) is 6.08. The molecule has 246 valence electrons. The molecule has 3 aromatic rings. The van der Waals surface area contributed by atoms with Crippen LogP contribution in [0.2, 0.25) is 6.32 Å². The molecule has 2 radical (unpaired) electrons. The van der Waals surface area contributed by atoms with Crippen LogP contribution in [0.5, 0.6) is 11.5 Å². The topological polar surface area (TPSA) is 138 Å². The second-order valence-electron chi connectivity index (χ2n) is 13.1. The van der Waals surface area contributed by atoms with E-state index in [0.717, 1.165) is 47.6 Å². The molecule has 0 spiro atoms. The van der Waals surface area contributed by atoms with Gasteiger partial charge in [0.25, 0.3) is 5.91 Å². The minimum absolute atomic E-state index is 0.0179. The first-order valence-electron chi connectivity index (χ1n) is 16.4. The van der Waals surface area contributed by atoms with Gasteiger partial charge in [0.15, 0.2) is 0 Å². The van der Waals surface area contributed by atoms with Gasteiger partial charge in [0.1, 0.15) is 23.4 Å². The second kappa shape index (κ2) is 15.2. The van der Waals surface area contributed by atoms with Gasteiger partial charge in [0, 0.05) is 27.9 Å². The molecule has 1 unspecified atom stereocenters. The zero-order valence-electron chi connectivity index (χ0n) is 27.2. The summed E-state index contributed by atoms with van der Waals surface area (Å²) >= 11 is 1.42. The molecule has 11 heteroatoms. The Balaban J connectivity index is 1.20. The molecule has 47 heavy (non-hydrogen) atoms. The third kappa shape index (κ3) is 8.43. The fraction of sp³-hybridized carbons (Fsp3) is 0.444. The highest BCUT2D eigenvalue weighted by molar-refractivity contribution is 7.10. The molecule has 1 aromatic heterocycles. The Morgan fingerprint density at radius 2 is 1.87 bits per heavy atom. The number of nitrogens with two attached hydrogens (primary N) is 1. The lowest BCUT2D eigenvalue weighted by Crippen LogP contribution is -2.48. The lowest BCUT2D eigenvalue weighted by atomic mass is 9.62. The highest BCUT2D eigenvalue weighted by Gasteiger charge is 2.37. The Hall–Kier alpha value is -4.12. The van der Waals surface area contributed by atoms with Crippen LogP contribution in [0.1, 0.15) is 84.7 Å². The maximum absolute atomic E-state index is 13.3. The number of rotatable bonds is 14. The minimum Gasteiger partial charge on any atom is -0.457 e. The third-order valence-electron chi connectivity index (χ3n) is 9.72. The molecule has 2 aliphatic rings. The van der Waals surface area contributed by atoms with Crippen molar-refractivity contribution in [2.24, 2.45) is 17.1 Å². The van der Waals surface area contributed by atoms with Gasteiger partial charge >= 0.3 is 0 Å². The summed E-state index contributed by atoms with van der Waals surface area (Å²) in [4.78, 5) is 41.9. The molecule has 3 amide bonds. The van der Waals surface area contributed by atoms with Crippen LogP contribution >= 0.6 is 11.3 Å². The molecule has 5 rings (SSSR count). The number of carbonyl (C=O) groups excluding carboxylic acids is 3. The Bertz CT molecular complexity index is 1580. The number of likely N-dealkylation sites (tertiary alicyclic amines) is 1. The predicted octanol–water partition coefficient (Wildman–Crippen LogP) is 5.75. The van der Waals surface area contributed by atoms with E-state index in [-0.39, 0.29) is 41.4 Å². The zero-order valence-corrected chi connectivity index (χ0v) is 28.0. The summed E-state index contributed by atoms with van der Waals surface area (Å²) in [5, 5.41) is 15.0. The number of nitrogen functional groups attached to an aromatic ring is 1. The molecule has 0 bridgehead atoms. The Morgan fingerprint density at radius 3 is 2.55 bits per heavy atom. The number of hydrogen-bond donors (Lipinski definition) is 4. The van der Waals surface area contributed by atoms with Crippen LogP contribution in [0.15, 0.2) is 60.0 Å². The van der Waals surface area contributed by atoms with E-state index in [1.54, 1.807) is 22.4 Å². The van der Waals surface area contributed by atoms with Gasteiger partial charge < -0.3 is 26.0 Å². The van der Waals surface area contributed by atoms with Crippen LogP contribution in [0, 0.1) is 16.7 Å². The first-order chi connectivity index (χ1) is 22.6. The van der Waals surface area contributed by atoms with Crippen molar-refractivity contribution in [2.75, 3.05) is 13.1 Å². The average Bonchev–Trinajstić information content (AvgIpc) is 3.75. The van der Waals surface area contributed by atoms with Gasteiger partial charge in [-0.05, 0) is 91.3 Å². The molecule has 9 nitrogen and oxygen atoms in total. The molecule has 1 aliphatic carbocycles.